The maximum atomic E-state index is 12.2. The van der Waals surface area contributed by atoms with Crippen LogP contribution in [-0.4, -0.2) is 16.6 Å². The molecule has 1 N–H and O–H groups in total. The zero-order valence-corrected chi connectivity index (χ0v) is 16.0. The molecule has 0 unspecified atom stereocenters. The third kappa shape index (κ3) is 4.26. The average Bonchev–Trinajstić information content (AvgIpc) is 3.22. The lowest BCUT2D eigenvalue weighted by molar-refractivity contribution is -0.113. The minimum absolute atomic E-state index is 0.0330. The molecule has 0 bridgehead atoms. The van der Waals surface area contributed by atoms with Gasteiger partial charge in [-0.25, -0.2) is 4.98 Å². The topological polar surface area (TPSA) is 42.0 Å². The minimum atomic E-state index is 0.0330. The fourth-order valence-corrected chi connectivity index (χ4v) is 4.68. The predicted molar refractivity (Wildman–Crippen MR) is 106 cm³/mol. The Balaban J connectivity index is 1.50. The number of aryl methyl sites for hydroxylation is 2. The largest absolute Gasteiger partial charge is 0.325 e. The monoisotopic (exact) mass is 374 g/mol. The van der Waals surface area contributed by atoms with Gasteiger partial charge in [-0.2, -0.15) is 11.3 Å². The highest BCUT2D eigenvalue weighted by atomic mass is 32.2. The predicted octanol–water partition coefficient (Wildman–Crippen LogP) is 5.36. The summed E-state index contributed by atoms with van der Waals surface area (Å²) in [5.41, 5.74) is 5.32. The summed E-state index contributed by atoms with van der Waals surface area (Å²) in [5, 5.41) is 10.3. The summed E-state index contributed by atoms with van der Waals surface area (Å²) in [6.07, 6.45) is 0. The second kappa shape index (κ2) is 7.96. The summed E-state index contributed by atoms with van der Waals surface area (Å²) in [5.74, 6) is 1.21. The first-order valence-corrected chi connectivity index (χ1v) is 10.5. The van der Waals surface area contributed by atoms with E-state index in [2.05, 4.69) is 32.5 Å². The molecule has 0 atom stereocenters. The number of aromatic nitrogens is 1. The Labute approximate surface area is 154 Å². The highest BCUT2D eigenvalue weighted by Crippen LogP contribution is 2.27. The molecule has 6 heteroatoms. The van der Waals surface area contributed by atoms with Gasteiger partial charge in [0.25, 0.3) is 0 Å². The smallest absolute Gasteiger partial charge is 0.234 e. The van der Waals surface area contributed by atoms with Crippen LogP contribution in [0.4, 0.5) is 5.69 Å². The number of nitrogens with zero attached hydrogens (tertiary/aromatic N) is 1. The SMILES string of the molecule is Cc1cccc(C)c1NC(=O)CSCc1csc(-c2ccsc2)n1. The van der Waals surface area contributed by atoms with Gasteiger partial charge in [0.1, 0.15) is 5.01 Å². The van der Waals surface area contributed by atoms with Gasteiger partial charge in [-0.05, 0) is 36.4 Å². The van der Waals surface area contributed by atoms with Crippen LogP contribution in [-0.2, 0) is 10.5 Å². The number of benzene rings is 1. The van der Waals surface area contributed by atoms with Crippen LogP contribution >= 0.6 is 34.4 Å². The Kier molecular flexibility index (Phi) is 5.71. The molecule has 0 spiro atoms. The molecule has 1 aromatic carbocycles. The molecule has 2 heterocycles. The van der Waals surface area contributed by atoms with E-state index in [1.165, 1.54) is 5.56 Å². The zero-order valence-electron chi connectivity index (χ0n) is 13.5. The van der Waals surface area contributed by atoms with E-state index in [0.29, 0.717) is 5.75 Å². The Hall–Kier alpha value is -1.63. The molecule has 1 amide bonds. The normalized spacial score (nSPS) is 10.8. The van der Waals surface area contributed by atoms with Gasteiger partial charge in [-0.15, -0.1) is 23.1 Å². The first-order chi connectivity index (χ1) is 11.6. The molecule has 124 valence electrons. The van der Waals surface area contributed by atoms with Gasteiger partial charge in [-0.3, -0.25) is 4.79 Å². The number of thiophene rings is 1. The van der Waals surface area contributed by atoms with Crippen molar-refractivity contribution in [3.05, 3.63) is 57.2 Å². The highest BCUT2D eigenvalue weighted by molar-refractivity contribution is 7.99. The maximum Gasteiger partial charge on any atom is 0.234 e. The first kappa shape index (κ1) is 17.2. The second-order valence-electron chi connectivity index (χ2n) is 5.46. The summed E-state index contributed by atoms with van der Waals surface area (Å²) in [6.45, 7) is 4.02. The van der Waals surface area contributed by atoms with Crippen LogP contribution in [0.3, 0.4) is 0 Å². The number of nitrogens with one attached hydrogen (secondary N) is 1. The molecule has 0 saturated heterocycles. The van der Waals surface area contributed by atoms with Crippen molar-refractivity contribution < 1.29 is 4.79 Å². The molecule has 24 heavy (non-hydrogen) atoms. The summed E-state index contributed by atoms with van der Waals surface area (Å²) in [4.78, 5) is 16.8. The number of para-hydroxylation sites is 1. The molecule has 0 aliphatic carbocycles. The van der Waals surface area contributed by atoms with Crippen LogP contribution in [0.1, 0.15) is 16.8 Å². The van der Waals surface area contributed by atoms with E-state index in [-0.39, 0.29) is 5.91 Å². The van der Waals surface area contributed by atoms with Crippen molar-refractivity contribution in [3.8, 4) is 10.6 Å². The van der Waals surface area contributed by atoms with Crippen LogP contribution in [0.5, 0.6) is 0 Å². The number of thiazole rings is 1. The van der Waals surface area contributed by atoms with Gasteiger partial charge < -0.3 is 5.32 Å². The van der Waals surface area contributed by atoms with Gasteiger partial charge >= 0.3 is 0 Å². The lowest BCUT2D eigenvalue weighted by Crippen LogP contribution is -2.15. The van der Waals surface area contributed by atoms with Crippen LogP contribution in [0.25, 0.3) is 10.6 Å². The van der Waals surface area contributed by atoms with Crippen LogP contribution < -0.4 is 5.32 Å². The summed E-state index contributed by atoms with van der Waals surface area (Å²) < 4.78 is 0. The van der Waals surface area contributed by atoms with Crippen molar-refractivity contribution in [2.45, 2.75) is 19.6 Å². The number of rotatable bonds is 6. The fourth-order valence-electron chi connectivity index (χ4n) is 2.33. The Bertz CT molecular complexity index is 804. The molecule has 0 radical (unpaired) electrons. The number of anilines is 1. The Morgan fingerprint density at radius 3 is 2.71 bits per heavy atom. The Morgan fingerprint density at radius 1 is 1.21 bits per heavy atom. The van der Waals surface area contributed by atoms with E-state index >= 15 is 0 Å². The van der Waals surface area contributed by atoms with Gasteiger partial charge in [0.2, 0.25) is 5.91 Å². The van der Waals surface area contributed by atoms with E-state index in [1.807, 2.05) is 32.0 Å². The van der Waals surface area contributed by atoms with Gasteiger partial charge in [0.05, 0.1) is 11.4 Å². The molecule has 3 nitrogen and oxygen atoms in total. The summed E-state index contributed by atoms with van der Waals surface area (Å²) in [6, 6.07) is 8.11. The lowest BCUT2D eigenvalue weighted by atomic mass is 10.1. The summed E-state index contributed by atoms with van der Waals surface area (Å²) >= 11 is 4.92. The minimum Gasteiger partial charge on any atom is -0.325 e. The van der Waals surface area contributed by atoms with Crippen molar-refractivity contribution in [2.24, 2.45) is 0 Å². The number of amides is 1. The van der Waals surface area contributed by atoms with E-state index in [4.69, 9.17) is 0 Å². The third-order valence-electron chi connectivity index (χ3n) is 3.55. The van der Waals surface area contributed by atoms with Crippen LogP contribution in [0.2, 0.25) is 0 Å². The number of hydrogen-bond acceptors (Lipinski definition) is 5. The standard InChI is InChI=1S/C18H18N2OS3/c1-12-4-3-5-13(2)17(12)20-16(21)11-23-9-15-10-24-18(19-15)14-6-7-22-8-14/h3-8,10H,9,11H2,1-2H3,(H,20,21). The second-order valence-corrected chi connectivity index (χ2v) is 8.09. The van der Waals surface area contributed by atoms with Crippen molar-refractivity contribution in [1.82, 2.24) is 4.98 Å². The van der Waals surface area contributed by atoms with E-state index in [9.17, 15) is 4.79 Å². The quantitative estimate of drug-likeness (QED) is 0.631. The molecular weight excluding hydrogens is 356 g/mol. The van der Waals surface area contributed by atoms with E-state index in [1.54, 1.807) is 34.4 Å². The Morgan fingerprint density at radius 2 is 2.00 bits per heavy atom. The summed E-state index contributed by atoms with van der Waals surface area (Å²) in [7, 11) is 0. The lowest BCUT2D eigenvalue weighted by Gasteiger charge is -2.11. The van der Waals surface area contributed by atoms with E-state index < -0.39 is 0 Å². The molecule has 0 aliphatic rings. The zero-order chi connectivity index (χ0) is 16.9. The van der Waals surface area contributed by atoms with E-state index in [0.717, 1.165) is 33.3 Å². The van der Waals surface area contributed by atoms with Gasteiger partial charge in [0.15, 0.2) is 0 Å². The van der Waals surface area contributed by atoms with Crippen LogP contribution in [0, 0.1) is 13.8 Å². The molecule has 0 saturated carbocycles. The molecule has 0 fully saturated rings. The van der Waals surface area contributed by atoms with Crippen LogP contribution in [0.15, 0.2) is 40.4 Å². The third-order valence-corrected chi connectivity index (χ3v) is 6.14. The number of hydrogen-bond donors (Lipinski definition) is 1. The number of carbonyl (C=O) groups excluding carboxylic acids is 1. The molecule has 3 aromatic rings. The fraction of sp³-hybridized carbons (Fsp3) is 0.222. The number of carbonyl (C=O) groups is 1. The number of thioether (sulfide) groups is 1. The average molecular weight is 375 g/mol. The van der Waals surface area contributed by atoms with Crippen molar-refractivity contribution in [2.75, 3.05) is 11.1 Å². The van der Waals surface area contributed by atoms with Gasteiger partial charge in [-0.1, -0.05) is 18.2 Å². The first-order valence-electron chi connectivity index (χ1n) is 7.54. The highest BCUT2D eigenvalue weighted by Gasteiger charge is 2.09. The molecule has 2 aromatic heterocycles. The molecular formula is C18H18N2OS3. The van der Waals surface area contributed by atoms with Crippen molar-refractivity contribution in [3.63, 3.8) is 0 Å². The van der Waals surface area contributed by atoms with Gasteiger partial charge in [0, 0.05) is 27.8 Å². The van der Waals surface area contributed by atoms with Crippen molar-refractivity contribution in [1.29, 1.82) is 0 Å². The maximum absolute atomic E-state index is 12.2. The van der Waals surface area contributed by atoms with Crippen molar-refractivity contribution >= 4 is 46.0 Å². The molecule has 3 rings (SSSR count). The molecule has 0 aliphatic heterocycles.